The Morgan fingerprint density at radius 3 is 2.80 bits per heavy atom. The summed E-state index contributed by atoms with van der Waals surface area (Å²) >= 11 is 1.54. The van der Waals surface area contributed by atoms with Crippen LogP contribution >= 0.6 is 11.3 Å². The molecule has 5 nitrogen and oxygen atoms in total. The molecule has 1 aromatic carbocycles. The van der Waals surface area contributed by atoms with Crippen LogP contribution in [0.3, 0.4) is 0 Å². The van der Waals surface area contributed by atoms with Crippen molar-refractivity contribution in [3.63, 3.8) is 0 Å². The number of nitrogens with one attached hydrogen (secondary N) is 1. The Balaban J connectivity index is 2.06. The Kier molecular flexibility index (Phi) is 4.49. The van der Waals surface area contributed by atoms with Gasteiger partial charge in [0.25, 0.3) is 0 Å². The van der Waals surface area contributed by atoms with E-state index >= 15 is 0 Å². The summed E-state index contributed by atoms with van der Waals surface area (Å²) in [5.41, 5.74) is 0.144. The lowest BCUT2D eigenvalue weighted by Crippen LogP contribution is -2.26. The lowest BCUT2D eigenvalue weighted by atomic mass is 10.2. The number of rotatable bonds is 5. The van der Waals surface area contributed by atoms with Crippen molar-refractivity contribution in [3.05, 3.63) is 45.9 Å². The lowest BCUT2D eigenvalue weighted by Gasteiger charge is -2.07. The van der Waals surface area contributed by atoms with Gasteiger partial charge in [-0.1, -0.05) is 12.1 Å². The fraction of sp³-hybridized carbons (Fsp3) is 0.231. The number of nitrogens with zero attached hydrogens (tertiary/aromatic N) is 2. The number of sulfonamides is 1. The molecule has 0 bridgehead atoms. The smallest absolute Gasteiger partial charge is 0.241 e. The van der Waals surface area contributed by atoms with Gasteiger partial charge < -0.3 is 0 Å². The Labute approximate surface area is 122 Å². The molecule has 104 valence electrons. The Morgan fingerprint density at radius 1 is 1.40 bits per heavy atom. The average Bonchev–Trinajstić information content (AvgIpc) is 2.84. The van der Waals surface area contributed by atoms with Gasteiger partial charge in [0.05, 0.1) is 15.5 Å². The molecule has 1 heterocycles. The summed E-state index contributed by atoms with van der Waals surface area (Å²) in [6.07, 6.45) is 2.30. The number of hydrogen-bond acceptors (Lipinski definition) is 5. The van der Waals surface area contributed by atoms with Crippen molar-refractivity contribution in [1.29, 1.82) is 5.26 Å². The zero-order valence-corrected chi connectivity index (χ0v) is 12.5. The van der Waals surface area contributed by atoms with Crippen LogP contribution in [0.2, 0.25) is 0 Å². The molecular weight excluding hydrogens is 294 g/mol. The van der Waals surface area contributed by atoms with Gasteiger partial charge >= 0.3 is 0 Å². The largest absolute Gasteiger partial charge is 0.249 e. The second kappa shape index (κ2) is 6.13. The number of aryl methyl sites for hydroxylation is 1. The number of thiazole rings is 1. The number of nitriles is 1. The van der Waals surface area contributed by atoms with Crippen LogP contribution < -0.4 is 4.72 Å². The molecule has 7 heteroatoms. The molecule has 0 radical (unpaired) electrons. The van der Waals surface area contributed by atoms with Gasteiger partial charge in [-0.05, 0) is 19.1 Å². The van der Waals surface area contributed by atoms with Crippen molar-refractivity contribution >= 4 is 21.4 Å². The second-order valence-corrected chi connectivity index (χ2v) is 7.18. The summed E-state index contributed by atoms with van der Waals surface area (Å²) in [6, 6.07) is 8.03. The van der Waals surface area contributed by atoms with Crippen molar-refractivity contribution in [2.75, 3.05) is 6.54 Å². The molecule has 0 spiro atoms. The molecule has 2 aromatic rings. The molecule has 0 fully saturated rings. The fourth-order valence-corrected chi connectivity index (χ4v) is 3.65. The van der Waals surface area contributed by atoms with Crippen molar-refractivity contribution < 1.29 is 8.42 Å². The molecule has 0 amide bonds. The fourth-order valence-electron chi connectivity index (χ4n) is 1.68. The zero-order valence-electron chi connectivity index (χ0n) is 10.8. The molecular formula is C13H13N3O2S2. The molecule has 0 aliphatic heterocycles. The van der Waals surface area contributed by atoms with E-state index in [4.69, 9.17) is 5.26 Å². The molecule has 0 atom stereocenters. The van der Waals surface area contributed by atoms with Gasteiger partial charge in [-0.2, -0.15) is 5.26 Å². The minimum absolute atomic E-state index is 0.0119. The molecule has 1 N–H and O–H groups in total. The monoisotopic (exact) mass is 307 g/mol. The number of hydrogen-bond donors (Lipinski definition) is 1. The van der Waals surface area contributed by atoms with Crippen molar-refractivity contribution in [2.24, 2.45) is 0 Å². The highest BCUT2D eigenvalue weighted by atomic mass is 32.2. The average molecular weight is 307 g/mol. The number of aromatic nitrogens is 1. The second-order valence-electron chi connectivity index (χ2n) is 4.12. The van der Waals surface area contributed by atoms with Crippen LogP contribution in [0.1, 0.15) is 15.4 Å². The van der Waals surface area contributed by atoms with E-state index in [1.807, 2.05) is 13.0 Å². The van der Waals surface area contributed by atoms with Crippen LogP contribution in [0.5, 0.6) is 0 Å². The van der Waals surface area contributed by atoms with Crippen LogP contribution in [0.4, 0.5) is 0 Å². The highest BCUT2D eigenvalue weighted by Crippen LogP contribution is 2.15. The maximum Gasteiger partial charge on any atom is 0.241 e. The first kappa shape index (κ1) is 14.7. The third-order valence-corrected chi connectivity index (χ3v) is 5.09. The molecule has 0 saturated heterocycles. The molecule has 20 heavy (non-hydrogen) atoms. The van der Waals surface area contributed by atoms with E-state index in [1.165, 1.54) is 12.1 Å². The number of benzene rings is 1. The third kappa shape index (κ3) is 3.42. The van der Waals surface area contributed by atoms with Gasteiger partial charge in [0, 0.05) is 24.0 Å². The van der Waals surface area contributed by atoms with Gasteiger partial charge in [-0.15, -0.1) is 11.3 Å². The summed E-state index contributed by atoms with van der Waals surface area (Å²) in [5.74, 6) is 0. The minimum Gasteiger partial charge on any atom is -0.249 e. The molecule has 1 aromatic heterocycles. The Hall–Kier alpha value is -1.75. The van der Waals surface area contributed by atoms with Gasteiger partial charge in [0.2, 0.25) is 10.0 Å². The Morgan fingerprint density at radius 2 is 2.15 bits per heavy atom. The molecule has 2 rings (SSSR count). The molecule has 0 aliphatic rings. The van der Waals surface area contributed by atoms with E-state index < -0.39 is 10.0 Å². The van der Waals surface area contributed by atoms with Crippen molar-refractivity contribution in [3.8, 4) is 6.07 Å². The predicted octanol–water partition coefficient (Wildman–Crippen LogP) is 1.84. The first-order chi connectivity index (χ1) is 9.53. The van der Waals surface area contributed by atoms with E-state index in [0.29, 0.717) is 6.42 Å². The first-order valence-corrected chi connectivity index (χ1v) is 8.23. The van der Waals surface area contributed by atoms with Crippen LogP contribution in [0.25, 0.3) is 0 Å². The zero-order chi connectivity index (χ0) is 14.6. The standard InChI is InChI=1S/C13H13N3O2S2/c1-10-9-15-13(19-10)6-7-16-20(17,18)12-5-3-2-4-11(12)8-14/h2-5,9,16H,6-7H2,1H3. The minimum atomic E-state index is -3.66. The molecule has 0 unspecified atom stereocenters. The first-order valence-electron chi connectivity index (χ1n) is 5.93. The van der Waals surface area contributed by atoms with E-state index in [0.717, 1.165) is 9.88 Å². The highest BCUT2D eigenvalue weighted by Gasteiger charge is 2.17. The van der Waals surface area contributed by atoms with E-state index in [1.54, 1.807) is 29.7 Å². The highest BCUT2D eigenvalue weighted by molar-refractivity contribution is 7.89. The van der Waals surface area contributed by atoms with Gasteiger partial charge in [-0.3, -0.25) is 0 Å². The van der Waals surface area contributed by atoms with E-state index in [-0.39, 0.29) is 17.0 Å². The summed E-state index contributed by atoms with van der Waals surface area (Å²) in [7, 11) is -3.66. The third-order valence-electron chi connectivity index (χ3n) is 2.60. The summed E-state index contributed by atoms with van der Waals surface area (Å²) in [5, 5.41) is 9.83. The molecule has 0 saturated carbocycles. The van der Waals surface area contributed by atoms with Crippen LogP contribution in [0.15, 0.2) is 35.4 Å². The van der Waals surface area contributed by atoms with Crippen LogP contribution in [0, 0.1) is 18.3 Å². The van der Waals surface area contributed by atoms with Gasteiger partial charge in [0.15, 0.2) is 0 Å². The molecule has 0 aliphatic carbocycles. The topological polar surface area (TPSA) is 82.8 Å². The predicted molar refractivity (Wildman–Crippen MR) is 76.9 cm³/mol. The van der Waals surface area contributed by atoms with E-state index in [2.05, 4.69) is 9.71 Å². The normalized spacial score (nSPS) is 11.2. The van der Waals surface area contributed by atoms with Gasteiger partial charge in [0.1, 0.15) is 6.07 Å². The maximum atomic E-state index is 12.1. The summed E-state index contributed by atoms with van der Waals surface area (Å²) < 4.78 is 26.8. The van der Waals surface area contributed by atoms with Crippen LogP contribution in [-0.4, -0.2) is 19.9 Å². The Bertz CT molecular complexity index is 745. The quantitative estimate of drug-likeness (QED) is 0.913. The summed E-state index contributed by atoms with van der Waals surface area (Å²) in [6.45, 7) is 2.21. The van der Waals surface area contributed by atoms with E-state index in [9.17, 15) is 8.42 Å². The SMILES string of the molecule is Cc1cnc(CCNS(=O)(=O)c2ccccc2C#N)s1. The summed E-state index contributed by atoms with van der Waals surface area (Å²) in [4.78, 5) is 5.28. The van der Waals surface area contributed by atoms with Crippen molar-refractivity contribution in [2.45, 2.75) is 18.2 Å². The maximum absolute atomic E-state index is 12.1. The van der Waals surface area contributed by atoms with Crippen molar-refractivity contribution in [1.82, 2.24) is 9.71 Å². The van der Waals surface area contributed by atoms with Crippen LogP contribution in [-0.2, 0) is 16.4 Å². The lowest BCUT2D eigenvalue weighted by molar-refractivity contribution is 0.581. The van der Waals surface area contributed by atoms with Gasteiger partial charge in [-0.25, -0.2) is 18.1 Å².